The summed E-state index contributed by atoms with van der Waals surface area (Å²) in [5, 5.41) is 22.4. The molecule has 0 saturated carbocycles. The Morgan fingerprint density at radius 1 is 1.60 bits per heavy atom. The van der Waals surface area contributed by atoms with Crippen molar-refractivity contribution in [1.82, 2.24) is 5.32 Å². The smallest absolute Gasteiger partial charge is 0.275 e. The predicted octanol–water partition coefficient (Wildman–Crippen LogP) is 2.31. The lowest BCUT2D eigenvalue weighted by molar-refractivity contribution is -0.385. The highest BCUT2D eigenvalue weighted by Gasteiger charge is 2.16. The third-order valence-electron chi connectivity index (χ3n) is 2.72. The van der Waals surface area contributed by atoms with Crippen LogP contribution in [0.3, 0.4) is 0 Å². The van der Waals surface area contributed by atoms with Crippen molar-refractivity contribution in [3.8, 4) is 11.8 Å². The summed E-state index contributed by atoms with van der Waals surface area (Å²) in [6.45, 7) is 4.20. The molecule has 0 spiro atoms. The van der Waals surface area contributed by atoms with Crippen LogP contribution in [0.4, 0.5) is 10.1 Å². The lowest BCUT2D eigenvalue weighted by Crippen LogP contribution is -2.28. The Hall–Kier alpha value is -2.20. The molecule has 0 aromatic heterocycles. The number of benzene rings is 1. The summed E-state index contributed by atoms with van der Waals surface area (Å²) in [5.41, 5.74) is 0.0484. The summed E-state index contributed by atoms with van der Waals surface area (Å²) < 4.78 is 18.9. The fourth-order valence-corrected chi connectivity index (χ4v) is 1.70. The van der Waals surface area contributed by atoms with E-state index in [9.17, 15) is 14.5 Å². The summed E-state index contributed by atoms with van der Waals surface area (Å²) in [4.78, 5) is 10.0. The number of rotatable bonds is 7. The number of halogens is 1. The Kier molecular flexibility index (Phi) is 5.87. The average molecular weight is 281 g/mol. The van der Waals surface area contributed by atoms with E-state index in [1.54, 1.807) is 0 Å². The second-order valence-electron chi connectivity index (χ2n) is 4.20. The van der Waals surface area contributed by atoms with Gasteiger partial charge in [-0.15, -0.1) is 0 Å². The van der Waals surface area contributed by atoms with Gasteiger partial charge in [0, 0.05) is 12.0 Å². The molecule has 7 heteroatoms. The number of nitro benzene ring substituents is 1. The number of ether oxygens (including phenoxy) is 1. The lowest BCUT2D eigenvalue weighted by atomic mass is 10.2. The first-order valence-corrected chi connectivity index (χ1v) is 6.20. The van der Waals surface area contributed by atoms with Gasteiger partial charge in [0.15, 0.2) is 11.6 Å². The highest BCUT2D eigenvalue weighted by molar-refractivity contribution is 5.45. The zero-order chi connectivity index (χ0) is 15.1. The van der Waals surface area contributed by atoms with Crippen LogP contribution in [-0.2, 0) is 0 Å². The van der Waals surface area contributed by atoms with Crippen LogP contribution in [0.1, 0.15) is 18.9 Å². The Morgan fingerprint density at radius 3 is 2.85 bits per heavy atom. The fraction of sp³-hybridized carbons (Fsp3) is 0.462. The van der Waals surface area contributed by atoms with E-state index < -0.39 is 10.7 Å². The molecule has 0 radical (unpaired) electrons. The molecule has 6 nitrogen and oxygen atoms in total. The van der Waals surface area contributed by atoms with Crippen molar-refractivity contribution in [2.75, 3.05) is 13.2 Å². The zero-order valence-electron chi connectivity index (χ0n) is 11.4. The van der Waals surface area contributed by atoms with Gasteiger partial charge in [0.1, 0.15) is 0 Å². The van der Waals surface area contributed by atoms with Gasteiger partial charge in [-0.3, -0.25) is 10.1 Å². The highest BCUT2D eigenvalue weighted by atomic mass is 19.1. The highest BCUT2D eigenvalue weighted by Crippen LogP contribution is 2.27. The molecule has 1 unspecified atom stereocenters. The largest absolute Gasteiger partial charge is 0.490 e. The van der Waals surface area contributed by atoms with E-state index in [1.165, 1.54) is 13.0 Å². The number of nitriles is 1. The quantitative estimate of drug-likeness (QED) is 0.612. The average Bonchev–Trinajstić information content (AvgIpc) is 2.40. The van der Waals surface area contributed by atoms with E-state index in [-0.39, 0.29) is 24.1 Å². The van der Waals surface area contributed by atoms with Gasteiger partial charge >= 0.3 is 0 Å². The number of hydrogen-bond donors (Lipinski definition) is 1. The summed E-state index contributed by atoms with van der Waals surface area (Å²) >= 11 is 0. The molecule has 0 aliphatic heterocycles. The molecule has 1 atom stereocenters. The van der Waals surface area contributed by atoms with Crippen molar-refractivity contribution >= 4 is 5.69 Å². The monoisotopic (exact) mass is 281 g/mol. The van der Waals surface area contributed by atoms with Gasteiger partial charge in [-0.1, -0.05) is 6.92 Å². The van der Waals surface area contributed by atoms with Crippen LogP contribution in [0.15, 0.2) is 12.1 Å². The molecule has 0 aliphatic carbocycles. The summed E-state index contributed by atoms with van der Waals surface area (Å²) in [6, 6.07) is 3.84. The third kappa shape index (κ3) is 4.17. The van der Waals surface area contributed by atoms with Crippen molar-refractivity contribution in [2.45, 2.75) is 26.3 Å². The molecule has 0 fully saturated rings. The van der Waals surface area contributed by atoms with Crippen molar-refractivity contribution in [2.24, 2.45) is 0 Å². The number of nitro groups is 1. The minimum absolute atomic E-state index is 0.0405. The van der Waals surface area contributed by atoms with Gasteiger partial charge in [0.2, 0.25) is 0 Å². The number of aryl methyl sites for hydroxylation is 1. The second-order valence-corrected chi connectivity index (χ2v) is 4.20. The molecule has 0 heterocycles. The Bertz CT molecular complexity index is 528. The van der Waals surface area contributed by atoms with Gasteiger partial charge in [-0.2, -0.15) is 5.26 Å². The number of nitrogens with one attached hydrogen (secondary N) is 1. The first-order valence-electron chi connectivity index (χ1n) is 6.20. The van der Waals surface area contributed by atoms with E-state index in [4.69, 9.17) is 10.00 Å². The van der Waals surface area contributed by atoms with Gasteiger partial charge in [0.25, 0.3) is 5.69 Å². The van der Waals surface area contributed by atoms with E-state index >= 15 is 0 Å². The van der Waals surface area contributed by atoms with Gasteiger partial charge in [-0.05, 0) is 19.5 Å². The van der Waals surface area contributed by atoms with Crippen molar-refractivity contribution in [3.05, 3.63) is 33.6 Å². The Morgan fingerprint density at radius 2 is 2.30 bits per heavy atom. The standard InChI is InChI=1S/C13H16FN3O3/c1-3-16-10(8-15)4-5-20-13-6-9(2)12(17(18)19)7-11(13)14/h6-7,10,16H,3-5H2,1-2H3. The topological polar surface area (TPSA) is 88.2 Å². The molecule has 108 valence electrons. The minimum atomic E-state index is -0.778. The van der Waals surface area contributed by atoms with Crippen LogP contribution in [0.2, 0.25) is 0 Å². The molecule has 0 bridgehead atoms. The van der Waals surface area contributed by atoms with Crippen LogP contribution in [0, 0.1) is 34.2 Å². The third-order valence-corrected chi connectivity index (χ3v) is 2.72. The van der Waals surface area contributed by atoms with Gasteiger partial charge in [-0.25, -0.2) is 4.39 Å². The molecule has 1 aromatic rings. The molecule has 1 N–H and O–H groups in total. The van der Waals surface area contributed by atoms with Gasteiger partial charge in [0.05, 0.1) is 29.7 Å². The maximum Gasteiger partial charge on any atom is 0.275 e. The van der Waals surface area contributed by atoms with Crippen LogP contribution in [-0.4, -0.2) is 24.1 Å². The molecular formula is C13H16FN3O3. The fourth-order valence-electron chi connectivity index (χ4n) is 1.70. The summed E-state index contributed by atoms with van der Waals surface area (Å²) in [7, 11) is 0. The molecule has 0 saturated heterocycles. The molecule has 0 amide bonds. The van der Waals surface area contributed by atoms with Crippen LogP contribution < -0.4 is 10.1 Å². The van der Waals surface area contributed by atoms with Crippen molar-refractivity contribution in [1.29, 1.82) is 5.26 Å². The molecular weight excluding hydrogens is 265 g/mol. The minimum Gasteiger partial charge on any atom is -0.490 e. The first-order chi connectivity index (χ1) is 9.49. The molecule has 20 heavy (non-hydrogen) atoms. The first kappa shape index (κ1) is 15.9. The van der Waals surface area contributed by atoms with Crippen LogP contribution in [0.5, 0.6) is 5.75 Å². The number of nitrogens with zero attached hydrogens (tertiary/aromatic N) is 2. The SMILES string of the molecule is CCNC(C#N)CCOc1cc(C)c([N+](=O)[O-])cc1F. The summed E-state index contributed by atoms with van der Waals surface area (Å²) in [5.74, 6) is -0.819. The zero-order valence-corrected chi connectivity index (χ0v) is 11.4. The second kappa shape index (κ2) is 7.40. The maximum absolute atomic E-state index is 13.6. The number of hydrogen-bond acceptors (Lipinski definition) is 5. The van der Waals surface area contributed by atoms with E-state index in [0.29, 0.717) is 18.5 Å². The molecule has 0 aliphatic rings. The van der Waals surface area contributed by atoms with Crippen LogP contribution in [0.25, 0.3) is 0 Å². The van der Waals surface area contributed by atoms with Gasteiger partial charge < -0.3 is 10.1 Å². The summed E-state index contributed by atoms with van der Waals surface area (Å²) in [6.07, 6.45) is 0.403. The lowest BCUT2D eigenvalue weighted by Gasteiger charge is -2.11. The van der Waals surface area contributed by atoms with Crippen molar-refractivity contribution < 1.29 is 14.1 Å². The maximum atomic E-state index is 13.6. The molecule has 1 rings (SSSR count). The van der Waals surface area contributed by atoms with E-state index in [0.717, 1.165) is 6.07 Å². The van der Waals surface area contributed by atoms with E-state index in [1.807, 2.05) is 6.92 Å². The van der Waals surface area contributed by atoms with E-state index in [2.05, 4.69) is 11.4 Å². The van der Waals surface area contributed by atoms with Crippen LogP contribution >= 0.6 is 0 Å². The normalized spacial score (nSPS) is 11.7. The van der Waals surface area contributed by atoms with Crippen molar-refractivity contribution in [3.63, 3.8) is 0 Å². The Balaban J connectivity index is 2.68. The molecule has 1 aromatic carbocycles. The Labute approximate surface area is 116 Å². The predicted molar refractivity (Wildman–Crippen MR) is 71.0 cm³/mol.